The highest BCUT2D eigenvalue weighted by molar-refractivity contribution is 6.34. The molecule has 0 atom stereocenters. The van der Waals surface area contributed by atoms with Crippen LogP contribution in [0.2, 0.25) is 0 Å². The maximum absolute atomic E-state index is 12.8. The second kappa shape index (κ2) is 8.04. The fourth-order valence-corrected chi connectivity index (χ4v) is 3.66. The van der Waals surface area contributed by atoms with Gasteiger partial charge in [0.25, 0.3) is 11.8 Å². The molecule has 0 fully saturated rings. The summed E-state index contributed by atoms with van der Waals surface area (Å²) in [6.07, 6.45) is 0. The topological polar surface area (TPSA) is 55.8 Å². The van der Waals surface area contributed by atoms with Gasteiger partial charge in [0.05, 0.1) is 16.8 Å². The third kappa shape index (κ3) is 3.72. The van der Waals surface area contributed by atoms with Crippen LogP contribution >= 0.6 is 0 Å². The summed E-state index contributed by atoms with van der Waals surface area (Å²) in [5.41, 5.74) is 2.38. The van der Waals surface area contributed by atoms with Crippen LogP contribution in [0.1, 0.15) is 26.3 Å². The molecule has 2 amide bonds. The third-order valence-corrected chi connectivity index (χ3v) is 5.14. The monoisotopic (exact) mass is 421 g/mol. The van der Waals surface area contributed by atoms with Gasteiger partial charge in [-0.2, -0.15) is 0 Å². The van der Waals surface area contributed by atoms with E-state index >= 15 is 0 Å². The van der Waals surface area contributed by atoms with Crippen molar-refractivity contribution in [2.45, 2.75) is 6.92 Å². The summed E-state index contributed by atoms with van der Waals surface area (Å²) in [5, 5.41) is 0. The highest BCUT2D eigenvalue weighted by Gasteiger charge is 2.36. The Morgan fingerprint density at radius 3 is 1.66 bits per heavy atom. The van der Waals surface area contributed by atoms with Crippen LogP contribution < -0.4 is 14.4 Å². The molecule has 0 aliphatic carbocycles. The van der Waals surface area contributed by atoms with Gasteiger partial charge in [-0.05, 0) is 61.0 Å². The summed E-state index contributed by atoms with van der Waals surface area (Å²) in [6.45, 7) is 2.01. The van der Waals surface area contributed by atoms with Crippen molar-refractivity contribution < 1.29 is 19.1 Å². The number of nitrogens with zero attached hydrogens (tertiary/aromatic N) is 1. The predicted molar refractivity (Wildman–Crippen MR) is 122 cm³/mol. The zero-order chi connectivity index (χ0) is 22.1. The minimum absolute atomic E-state index is 0.337. The molecule has 5 heteroatoms. The molecule has 0 aromatic heterocycles. The van der Waals surface area contributed by atoms with Gasteiger partial charge in [-0.1, -0.05) is 36.4 Å². The Bertz CT molecular complexity index is 1310. The molecule has 5 nitrogen and oxygen atoms in total. The fraction of sp³-hybridized carbons (Fsp3) is 0.0370. The van der Waals surface area contributed by atoms with Gasteiger partial charge in [-0.15, -0.1) is 0 Å². The molecule has 0 saturated carbocycles. The van der Waals surface area contributed by atoms with Crippen molar-refractivity contribution in [3.05, 3.63) is 114 Å². The summed E-state index contributed by atoms with van der Waals surface area (Å²) in [7, 11) is 0. The molecule has 0 saturated heterocycles. The van der Waals surface area contributed by atoms with Gasteiger partial charge in [-0.25, -0.2) is 4.90 Å². The Morgan fingerprint density at radius 1 is 0.562 bits per heavy atom. The third-order valence-electron chi connectivity index (χ3n) is 5.14. The van der Waals surface area contributed by atoms with Crippen molar-refractivity contribution in [1.82, 2.24) is 0 Å². The molecular weight excluding hydrogens is 402 g/mol. The zero-order valence-corrected chi connectivity index (χ0v) is 17.3. The standard InChI is InChI=1S/C27H19NO4/c1-18-7-4-9-20(15-18)31-22-11-6-12-23(17-22)32-21-10-5-8-19(16-21)28-26(29)24-13-2-3-14-25(24)27(28)30/h2-17H,1H3. The summed E-state index contributed by atoms with van der Waals surface area (Å²) in [5.74, 6) is 1.80. The molecule has 156 valence electrons. The molecule has 4 aromatic rings. The quantitative estimate of drug-likeness (QED) is 0.351. The maximum atomic E-state index is 12.8. The van der Waals surface area contributed by atoms with Crippen LogP contribution in [0.4, 0.5) is 5.69 Å². The first-order chi connectivity index (χ1) is 15.6. The molecule has 0 radical (unpaired) electrons. The number of imide groups is 1. The predicted octanol–water partition coefficient (Wildman–Crippen LogP) is 6.38. The minimum atomic E-state index is -0.337. The van der Waals surface area contributed by atoms with Gasteiger partial charge in [0.2, 0.25) is 0 Å². The first-order valence-corrected chi connectivity index (χ1v) is 10.2. The summed E-state index contributed by atoms with van der Waals surface area (Å²) in [6, 6.07) is 28.8. The Labute approximate surface area is 185 Å². The minimum Gasteiger partial charge on any atom is -0.457 e. The highest BCUT2D eigenvalue weighted by Crippen LogP contribution is 2.33. The van der Waals surface area contributed by atoms with E-state index in [4.69, 9.17) is 9.47 Å². The van der Waals surface area contributed by atoms with Crippen molar-refractivity contribution in [3.63, 3.8) is 0 Å². The van der Waals surface area contributed by atoms with Crippen LogP contribution in [0.5, 0.6) is 23.0 Å². The smallest absolute Gasteiger partial charge is 0.266 e. The Kier molecular flexibility index (Phi) is 4.92. The number of amides is 2. The van der Waals surface area contributed by atoms with Gasteiger partial charge in [0.15, 0.2) is 0 Å². The van der Waals surface area contributed by atoms with Gasteiger partial charge < -0.3 is 9.47 Å². The van der Waals surface area contributed by atoms with Crippen LogP contribution in [0.15, 0.2) is 97.1 Å². The van der Waals surface area contributed by atoms with Crippen molar-refractivity contribution in [2.24, 2.45) is 0 Å². The number of hydrogen-bond acceptors (Lipinski definition) is 4. The molecule has 4 aromatic carbocycles. The van der Waals surface area contributed by atoms with Crippen LogP contribution in [-0.4, -0.2) is 11.8 Å². The first-order valence-electron chi connectivity index (χ1n) is 10.2. The maximum Gasteiger partial charge on any atom is 0.266 e. The lowest BCUT2D eigenvalue weighted by molar-refractivity contribution is 0.0926. The number of benzene rings is 4. The van der Waals surface area contributed by atoms with Gasteiger partial charge >= 0.3 is 0 Å². The van der Waals surface area contributed by atoms with Crippen molar-refractivity contribution in [2.75, 3.05) is 4.90 Å². The molecule has 5 rings (SSSR count). The molecular formula is C27H19NO4. The van der Waals surface area contributed by atoms with E-state index in [1.54, 1.807) is 54.6 Å². The lowest BCUT2D eigenvalue weighted by Gasteiger charge is -2.15. The zero-order valence-electron chi connectivity index (χ0n) is 17.3. The van der Waals surface area contributed by atoms with Crippen LogP contribution in [-0.2, 0) is 0 Å². The SMILES string of the molecule is Cc1cccc(Oc2cccc(Oc3cccc(N4C(=O)c5ccccc5C4=O)c3)c2)c1. The average Bonchev–Trinajstić information content (AvgIpc) is 3.05. The fourth-order valence-electron chi connectivity index (χ4n) is 3.66. The molecule has 0 unspecified atom stereocenters. The molecule has 0 spiro atoms. The lowest BCUT2D eigenvalue weighted by atomic mass is 10.1. The molecule has 1 aliphatic heterocycles. The lowest BCUT2D eigenvalue weighted by Crippen LogP contribution is -2.29. The van der Waals surface area contributed by atoms with Crippen LogP contribution in [0, 0.1) is 6.92 Å². The van der Waals surface area contributed by atoms with E-state index in [2.05, 4.69) is 0 Å². The van der Waals surface area contributed by atoms with E-state index < -0.39 is 0 Å². The molecule has 0 N–H and O–H groups in total. The highest BCUT2D eigenvalue weighted by atomic mass is 16.5. The Hall–Kier alpha value is -4.38. The molecule has 0 bridgehead atoms. The largest absolute Gasteiger partial charge is 0.457 e. The van der Waals surface area contributed by atoms with Crippen molar-refractivity contribution >= 4 is 17.5 Å². The van der Waals surface area contributed by atoms with Gasteiger partial charge in [-0.3, -0.25) is 9.59 Å². The number of carbonyl (C=O) groups excluding carboxylic acids is 2. The van der Waals surface area contributed by atoms with Crippen LogP contribution in [0.3, 0.4) is 0 Å². The molecule has 1 heterocycles. The number of carbonyl (C=O) groups is 2. The van der Waals surface area contributed by atoms with E-state index in [-0.39, 0.29) is 11.8 Å². The first kappa shape index (κ1) is 19.6. The summed E-state index contributed by atoms with van der Waals surface area (Å²) < 4.78 is 11.9. The number of hydrogen-bond donors (Lipinski definition) is 0. The number of anilines is 1. The second-order valence-electron chi connectivity index (χ2n) is 7.48. The van der Waals surface area contributed by atoms with Crippen molar-refractivity contribution in [1.29, 1.82) is 0 Å². The molecule has 32 heavy (non-hydrogen) atoms. The number of ether oxygens (including phenoxy) is 2. The molecule has 1 aliphatic rings. The van der Waals surface area contributed by atoms with E-state index in [1.807, 2.05) is 49.4 Å². The second-order valence-corrected chi connectivity index (χ2v) is 7.48. The van der Waals surface area contributed by atoms with Gasteiger partial charge in [0.1, 0.15) is 23.0 Å². The number of fused-ring (bicyclic) bond motifs is 1. The Morgan fingerprint density at radius 2 is 1.06 bits per heavy atom. The summed E-state index contributed by atoms with van der Waals surface area (Å²) in [4.78, 5) is 26.7. The van der Waals surface area contributed by atoms with Gasteiger partial charge in [0, 0.05) is 12.1 Å². The van der Waals surface area contributed by atoms with Crippen molar-refractivity contribution in [3.8, 4) is 23.0 Å². The summed E-state index contributed by atoms with van der Waals surface area (Å²) >= 11 is 0. The van der Waals surface area contributed by atoms with E-state index in [9.17, 15) is 9.59 Å². The van der Waals surface area contributed by atoms with E-state index in [0.29, 0.717) is 34.1 Å². The normalized spacial score (nSPS) is 12.6. The average molecular weight is 421 g/mol. The Balaban J connectivity index is 1.37. The van der Waals surface area contributed by atoms with E-state index in [1.165, 1.54) is 4.90 Å². The number of rotatable bonds is 5. The van der Waals surface area contributed by atoms with E-state index in [0.717, 1.165) is 11.3 Å². The number of aryl methyl sites for hydroxylation is 1. The van der Waals surface area contributed by atoms with Crippen LogP contribution in [0.25, 0.3) is 0 Å².